The van der Waals surface area contributed by atoms with Crippen LogP contribution in [0, 0.1) is 12.8 Å². The molecule has 0 aliphatic heterocycles. The van der Waals surface area contributed by atoms with Crippen molar-refractivity contribution >= 4 is 10.0 Å². The number of rotatable bonds is 7. The summed E-state index contributed by atoms with van der Waals surface area (Å²) in [5, 5.41) is 9.23. The first kappa shape index (κ1) is 16.1. The number of hydrogen-bond donors (Lipinski definition) is 2. The summed E-state index contributed by atoms with van der Waals surface area (Å²) in [6.07, 6.45) is 0.628. The van der Waals surface area contributed by atoms with Gasteiger partial charge in [0.2, 0.25) is 10.0 Å². The van der Waals surface area contributed by atoms with Crippen LogP contribution in [0.4, 0.5) is 0 Å². The Bertz CT molecular complexity index is 497. The predicted molar refractivity (Wildman–Crippen MR) is 77.3 cm³/mol. The Morgan fingerprint density at radius 3 is 2.42 bits per heavy atom. The lowest BCUT2D eigenvalue weighted by atomic mass is 10.1. The summed E-state index contributed by atoms with van der Waals surface area (Å²) in [5.41, 5.74) is 1.74. The highest BCUT2D eigenvalue weighted by molar-refractivity contribution is 7.88. The second-order valence-electron chi connectivity index (χ2n) is 5.31. The molecule has 0 aliphatic rings. The average molecular weight is 285 g/mol. The van der Waals surface area contributed by atoms with Crippen molar-refractivity contribution in [3.63, 3.8) is 0 Å². The van der Waals surface area contributed by atoms with Gasteiger partial charge in [-0.05, 0) is 30.4 Å². The van der Waals surface area contributed by atoms with Gasteiger partial charge in [0.15, 0.2) is 0 Å². The molecule has 0 aliphatic carbocycles. The van der Waals surface area contributed by atoms with Gasteiger partial charge in [0.05, 0.1) is 12.4 Å². The fraction of sp³-hybridized carbons (Fsp3) is 0.571. The Morgan fingerprint density at radius 1 is 1.26 bits per heavy atom. The van der Waals surface area contributed by atoms with E-state index >= 15 is 0 Å². The number of aliphatic hydroxyl groups excluding tert-OH is 1. The van der Waals surface area contributed by atoms with Gasteiger partial charge in [-0.1, -0.05) is 38.1 Å². The van der Waals surface area contributed by atoms with Crippen molar-refractivity contribution < 1.29 is 13.5 Å². The van der Waals surface area contributed by atoms with Gasteiger partial charge in [0, 0.05) is 6.04 Å². The van der Waals surface area contributed by atoms with Crippen molar-refractivity contribution in [3.05, 3.63) is 35.4 Å². The SMILES string of the molecule is Cc1ccccc1CS(=O)(=O)N[C@H](CO)CC(C)C. The molecule has 5 heteroatoms. The molecule has 0 heterocycles. The van der Waals surface area contributed by atoms with Gasteiger partial charge in [-0.2, -0.15) is 0 Å². The number of aryl methyl sites for hydroxylation is 1. The van der Waals surface area contributed by atoms with E-state index in [1.54, 1.807) is 0 Å². The molecule has 2 N–H and O–H groups in total. The molecule has 0 unspecified atom stereocenters. The van der Waals surface area contributed by atoms with Crippen LogP contribution in [0.5, 0.6) is 0 Å². The minimum atomic E-state index is -3.42. The molecule has 19 heavy (non-hydrogen) atoms. The van der Waals surface area contributed by atoms with E-state index in [2.05, 4.69) is 4.72 Å². The smallest absolute Gasteiger partial charge is 0.216 e. The van der Waals surface area contributed by atoms with Crippen LogP contribution in [0.1, 0.15) is 31.4 Å². The van der Waals surface area contributed by atoms with E-state index in [9.17, 15) is 13.5 Å². The number of nitrogens with one attached hydrogen (secondary N) is 1. The first-order valence-corrected chi connectivity index (χ1v) is 8.14. The fourth-order valence-electron chi connectivity index (χ4n) is 2.00. The van der Waals surface area contributed by atoms with Crippen LogP contribution in [0.3, 0.4) is 0 Å². The van der Waals surface area contributed by atoms with Gasteiger partial charge in [-0.25, -0.2) is 13.1 Å². The molecule has 0 saturated heterocycles. The molecule has 0 saturated carbocycles. The highest BCUT2D eigenvalue weighted by Gasteiger charge is 2.19. The minimum absolute atomic E-state index is 0.0474. The summed E-state index contributed by atoms with van der Waals surface area (Å²) in [7, 11) is -3.42. The van der Waals surface area contributed by atoms with E-state index in [1.807, 2.05) is 45.0 Å². The molecule has 1 aromatic carbocycles. The largest absolute Gasteiger partial charge is 0.395 e. The lowest BCUT2D eigenvalue weighted by molar-refractivity contribution is 0.240. The zero-order valence-corrected chi connectivity index (χ0v) is 12.6. The third-order valence-corrected chi connectivity index (χ3v) is 4.31. The monoisotopic (exact) mass is 285 g/mol. The molecule has 1 aromatic rings. The third kappa shape index (κ3) is 5.72. The number of hydrogen-bond acceptors (Lipinski definition) is 3. The van der Waals surface area contributed by atoms with Gasteiger partial charge in [-0.15, -0.1) is 0 Å². The van der Waals surface area contributed by atoms with Crippen LogP contribution >= 0.6 is 0 Å². The molecule has 4 nitrogen and oxygen atoms in total. The Balaban J connectivity index is 2.73. The molecule has 108 valence electrons. The van der Waals surface area contributed by atoms with Crippen LogP contribution in [-0.2, 0) is 15.8 Å². The number of aliphatic hydroxyl groups is 1. The van der Waals surface area contributed by atoms with Gasteiger partial charge in [-0.3, -0.25) is 0 Å². The van der Waals surface area contributed by atoms with Crippen LogP contribution in [0.2, 0.25) is 0 Å². The van der Waals surface area contributed by atoms with E-state index in [0.29, 0.717) is 12.3 Å². The highest BCUT2D eigenvalue weighted by Crippen LogP contribution is 2.12. The van der Waals surface area contributed by atoms with Crippen molar-refractivity contribution in [2.24, 2.45) is 5.92 Å². The average Bonchev–Trinajstić information content (AvgIpc) is 2.30. The highest BCUT2D eigenvalue weighted by atomic mass is 32.2. The van der Waals surface area contributed by atoms with Crippen molar-refractivity contribution in [2.45, 2.75) is 39.0 Å². The molecule has 0 spiro atoms. The van der Waals surface area contributed by atoms with Gasteiger partial charge >= 0.3 is 0 Å². The van der Waals surface area contributed by atoms with E-state index in [-0.39, 0.29) is 12.4 Å². The Hall–Kier alpha value is -0.910. The summed E-state index contributed by atoms with van der Waals surface area (Å²) >= 11 is 0. The van der Waals surface area contributed by atoms with E-state index < -0.39 is 16.1 Å². The summed E-state index contributed by atoms with van der Waals surface area (Å²) in [6, 6.07) is 7.01. The summed E-state index contributed by atoms with van der Waals surface area (Å²) in [4.78, 5) is 0. The molecule has 0 fully saturated rings. The zero-order chi connectivity index (χ0) is 14.5. The molecular weight excluding hydrogens is 262 g/mol. The number of sulfonamides is 1. The van der Waals surface area contributed by atoms with E-state index in [1.165, 1.54) is 0 Å². The zero-order valence-electron chi connectivity index (χ0n) is 11.8. The number of benzene rings is 1. The van der Waals surface area contributed by atoms with Gasteiger partial charge in [0.25, 0.3) is 0 Å². The third-order valence-electron chi connectivity index (χ3n) is 2.93. The minimum Gasteiger partial charge on any atom is -0.395 e. The maximum atomic E-state index is 12.1. The standard InChI is InChI=1S/C14H23NO3S/c1-11(2)8-14(9-16)15-19(17,18)10-13-7-5-4-6-12(13)3/h4-7,11,14-16H,8-10H2,1-3H3/t14-/m0/s1. The molecule has 0 radical (unpaired) electrons. The van der Waals surface area contributed by atoms with E-state index in [0.717, 1.165) is 11.1 Å². The molecule has 0 bridgehead atoms. The van der Waals surface area contributed by atoms with Crippen LogP contribution in [0.25, 0.3) is 0 Å². The maximum absolute atomic E-state index is 12.1. The van der Waals surface area contributed by atoms with Gasteiger partial charge < -0.3 is 5.11 Å². The quantitative estimate of drug-likeness (QED) is 0.803. The maximum Gasteiger partial charge on any atom is 0.216 e. The van der Waals surface area contributed by atoms with Crippen molar-refractivity contribution in [2.75, 3.05) is 6.61 Å². The summed E-state index contributed by atoms with van der Waals surface area (Å²) in [5.74, 6) is 0.284. The Morgan fingerprint density at radius 2 is 1.89 bits per heavy atom. The van der Waals surface area contributed by atoms with Crippen LogP contribution in [-0.4, -0.2) is 26.2 Å². The second kappa shape index (κ2) is 7.03. The molecule has 1 rings (SSSR count). The summed E-state index contributed by atoms with van der Waals surface area (Å²) < 4.78 is 26.7. The Labute approximate surface area is 115 Å². The second-order valence-corrected chi connectivity index (χ2v) is 7.07. The Kier molecular flexibility index (Phi) is 5.97. The predicted octanol–water partition coefficient (Wildman–Crippen LogP) is 1.82. The normalized spacial score (nSPS) is 13.7. The topological polar surface area (TPSA) is 66.4 Å². The molecular formula is C14H23NO3S. The van der Waals surface area contributed by atoms with Crippen LogP contribution in [0.15, 0.2) is 24.3 Å². The van der Waals surface area contributed by atoms with Crippen LogP contribution < -0.4 is 4.72 Å². The first-order valence-electron chi connectivity index (χ1n) is 6.49. The summed E-state index contributed by atoms with van der Waals surface area (Å²) in [6.45, 7) is 5.71. The van der Waals surface area contributed by atoms with E-state index in [4.69, 9.17) is 0 Å². The van der Waals surface area contributed by atoms with Gasteiger partial charge in [0.1, 0.15) is 0 Å². The van der Waals surface area contributed by atoms with Crippen molar-refractivity contribution in [3.8, 4) is 0 Å². The molecule has 0 aromatic heterocycles. The molecule has 0 amide bonds. The van der Waals surface area contributed by atoms with Crippen molar-refractivity contribution in [1.29, 1.82) is 0 Å². The fourth-order valence-corrected chi connectivity index (χ4v) is 3.50. The lowest BCUT2D eigenvalue weighted by Crippen LogP contribution is -2.39. The molecule has 1 atom stereocenters. The first-order chi connectivity index (χ1) is 8.84. The lowest BCUT2D eigenvalue weighted by Gasteiger charge is -2.18. The van der Waals surface area contributed by atoms with Crippen molar-refractivity contribution in [1.82, 2.24) is 4.72 Å².